The van der Waals surface area contributed by atoms with Gasteiger partial charge in [0, 0.05) is 0 Å². The fourth-order valence-electron chi connectivity index (χ4n) is 7.09. The standard InChI is InChI=1S/C27H45NO20/c1-6(31)22(28)27(23(38)13(34)11(32)8(3-30)47-27)48-18-10-5-41-21(18)16(37)26(44-10)46-19-12(33)7(2-29)43-25(15(19)36)45-17-9-4-40-20(17)14(35)24(39)42-9/h6-26,29-39H,2-5,28H2,1H3/t6?,7-,8-,9+,10+,11+,12-,13+,14+,15-,16+,17+,18+,19+,20+,21+,22?,23-,24-,25+,26+,27+/m1/s1. The van der Waals surface area contributed by atoms with Crippen molar-refractivity contribution in [3.8, 4) is 0 Å². The molecule has 6 heterocycles. The lowest BCUT2D eigenvalue weighted by Gasteiger charge is -2.53. The van der Waals surface area contributed by atoms with Crippen LogP contribution in [-0.4, -0.2) is 217 Å². The maximum Gasteiger partial charge on any atom is 0.216 e. The average Bonchev–Trinajstić information content (AvgIpc) is 3.55. The molecule has 13 N–H and O–H groups in total. The number of rotatable bonds is 10. The first-order valence-corrected chi connectivity index (χ1v) is 15.7. The van der Waals surface area contributed by atoms with Crippen molar-refractivity contribution in [3.05, 3.63) is 0 Å². The third kappa shape index (κ3) is 6.20. The van der Waals surface area contributed by atoms with Crippen LogP contribution in [-0.2, 0) is 42.6 Å². The van der Waals surface area contributed by atoms with Crippen molar-refractivity contribution in [2.45, 2.75) is 141 Å². The summed E-state index contributed by atoms with van der Waals surface area (Å²) in [4.78, 5) is 0. The highest BCUT2D eigenvalue weighted by Crippen LogP contribution is 2.42. The molecule has 22 atom stereocenters. The van der Waals surface area contributed by atoms with Crippen LogP contribution in [0.1, 0.15) is 6.92 Å². The minimum Gasteiger partial charge on any atom is -0.394 e. The molecule has 0 aromatic rings. The first-order chi connectivity index (χ1) is 22.7. The fourth-order valence-corrected chi connectivity index (χ4v) is 7.09. The van der Waals surface area contributed by atoms with Crippen molar-refractivity contribution >= 4 is 0 Å². The van der Waals surface area contributed by atoms with Gasteiger partial charge >= 0.3 is 0 Å². The first-order valence-electron chi connectivity index (χ1n) is 15.7. The average molecular weight is 704 g/mol. The van der Waals surface area contributed by atoms with E-state index in [1.807, 2.05) is 0 Å². The van der Waals surface area contributed by atoms with Gasteiger partial charge in [0.05, 0.1) is 38.6 Å². The van der Waals surface area contributed by atoms with Crippen LogP contribution in [0.2, 0.25) is 0 Å². The fraction of sp³-hybridized carbons (Fsp3) is 1.00. The van der Waals surface area contributed by atoms with Gasteiger partial charge in [0.15, 0.2) is 18.9 Å². The highest BCUT2D eigenvalue weighted by atomic mass is 16.8. The molecule has 4 bridgehead atoms. The summed E-state index contributed by atoms with van der Waals surface area (Å²) in [6.07, 6.45) is -29.7. The van der Waals surface area contributed by atoms with E-state index < -0.39 is 148 Å². The van der Waals surface area contributed by atoms with Crippen molar-refractivity contribution in [1.82, 2.24) is 0 Å². The summed E-state index contributed by atoms with van der Waals surface area (Å²) in [5, 5.41) is 115. The molecule has 6 aliphatic heterocycles. The van der Waals surface area contributed by atoms with Crippen LogP contribution in [0.3, 0.4) is 0 Å². The van der Waals surface area contributed by atoms with E-state index in [2.05, 4.69) is 0 Å². The zero-order chi connectivity index (χ0) is 34.8. The second-order valence-corrected chi connectivity index (χ2v) is 12.9. The summed E-state index contributed by atoms with van der Waals surface area (Å²) in [6, 6.07) is -1.58. The third-order valence-electron chi connectivity index (χ3n) is 9.84. The molecule has 48 heavy (non-hydrogen) atoms. The minimum absolute atomic E-state index is 0.0436. The molecule has 0 spiro atoms. The van der Waals surface area contributed by atoms with E-state index in [-0.39, 0.29) is 13.2 Å². The van der Waals surface area contributed by atoms with E-state index in [1.165, 1.54) is 6.92 Å². The smallest absolute Gasteiger partial charge is 0.216 e. The van der Waals surface area contributed by atoms with Crippen LogP contribution in [0, 0.1) is 0 Å². The quantitative estimate of drug-likeness (QED) is 0.100. The third-order valence-corrected chi connectivity index (χ3v) is 9.84. The lowest BCUT2D eigenvalue weighted by atomic mass is 9.86. The molecule has 0 saturated carbocycles. The molecule has 2 unspecified atom stereocenters. The van der Waals surface area contributed by atoms with Gasteiger partial charge in [0.25, 0.3) is 0 Å². The number of nitrogens with two attached hydrogens (primary N) is 1. The topological polar surface area (TPSA) is 332 Å². The number of aliphatic hydroxyl groups excluding tert-OH is 11. The normalized spacial score (nSPS) is 55.1. The Morgan fingerprint density at radius 1 is 0.688 bits per heavy atom. The Labute approximate surface area is 272 Å². The van der Waals surface area contributed by atoms with E-state index >= 15 is 0 Å². The van der Waals surface area contributed by atoms with Gasteiger partial charge in [0.1, 0.15) is 97.7 Å². The molecule has 0 radical (unpaired) electrons. The predicted octanol–water partition coefficient (Wildman–Crippen LogP) is -8.58. The number of ether oxygens (including phenoxy) is 9. The minimum atomic E-state index is -2.45. The lowest BCUT2D eigenvalue weighted by molar-refractivity contribution is -0.406. The van der Waals surface area contributed by atoms with Gasteiger partial charge in [0.2, 0.25) is 5.79 Å². The molecular formula is C27H45NO20. The van der Waals surface area contributed by atoms with E-state index in [0.717, 1.165) is 0 Å². The highest BCUT2D eigenvalue weighted by Gasteiger charge is 2.64. The Bertz CT molecular complexity index is 1090. The Hall–Kier alpha value is -0.840. The Kier molecular flexibility index (Phi) is 11.0. The Morgan fingerprint density at radius 3 is 1.90 bits per heavy atom. The van der Waals surface area contributed by atoms with Crippen LogP contribution in [0.4, 0.5) is 0 Å². The summed E-state index contributed by atoms with van der Waals surface area (Å²) in [7, 11) is 0. The molecular weight excluding hydrogens is 658 g/mol. The van der Waals surface area contributed by atoms with E-state index in [1.54, 1.807) is 0 Å². The zero-order valence-corrected chi connectivity index (χ0v) is 25.6. The number of hydrogen-bond donors (Lipinski definition) is 12. The molecule has 6 aliphatic rings. The summed E-state index contributed by atoms with van der Waals surface area (Å²) in [5.74, 6) is -2.45. The second kappa shape index (κ2) is 14.3. The van der Waals surface area contributed by atoms with Gasteiger partial charge in [-0.25, -0.2) is 0 Å². The first kappa shape index (κ1) is 36.9. The van der Waals surface area contributed by atoms with Crippen LogP contribution in [0.5, 0.6) is 0 Å². The van der Waals surface area contributed by atoms with E-state index in [4.69, 9.17) is 48.4 Å². The van der Waals surface area contributed by atoms with Crippen LogP contribution < -0.4 is 5.73 Å². The van der Waals surface area contributed by atoms with E-state index in [0.29, 0.717) is 0 Å². The maximum absolute atomic E-state index is 11.3. The van der Waals surface area contributed by atoms with Crippen molar-refractivity contribution in [3.63, 3.8) is 0 Å². The molecule has 21 heteroatoms. The molecule has 278 valence electrons. The zero-order valence-electron chi connectivity index (χ0n) is 25.6. The number of hydrogen-bond acceptors (Lipinski definition) is 21. The number of aliphatic hydroxyl groups is 11. The SMILES string of the molecule is CC(O)C(N)[C@@]1(O[C@@H]2[C@H]3OC[C@@H]2O[C@@H](O[C@@H]2[C@@H](O)[C@H](O[C@@H]4[C@H]5OC[C@@H]4O[C@@H](O)[C@H]5O)O[C@H](CO)[C@H]2O)[C@H]3O)O[C@H](CO)[C@H](O)[C@H](O)[C@H]1O. The van der Waals surface area contributed by atoms with Crippen LogP contribution in [0.15, 0.2) is 0 Å². The Balaban J connectivity index is 1.18. The van der Waals surface area contributed by atoms with Crippen molar-refractivity contribution in [1.29, 1.82) is 0 Å². The monoisotopic (exact) mass is 703 g/mol. The van der Waals surface area contributed by atoms with Gasteiger partial charge < -0.3 is 105 Å². The summed E-state index contributed by atoms with van der Waals surface area (Å²) in [5.41, 5.74) is 6.18. The molecule has 6 saturated heterocycles. The maximum atomic E-state index is 11.3. The summed E-state index contributed by atoms with van der Waals surface area (Å²) >= 11 is 0. The van der Waals surface area contributed by atoms with Gasteiger partial charge in [-0.05, 0) is 6.92 Å². The molecule has 6 fully saturated rings. The van der Waals surface area contributed by atoms with Crippen LogP contribution in [0.25, 0.3) is 0 Å². The summed E-state index contributed by atoms with van der Waals surface area (Å²) in [6.45, 7) is -0.589. The summed E-state index contributed by atoms with van der Waals surface area (Å²) < 4.78 is 51.4. The Morgan fingerprint density at radius 2 is 1.27 bits per heavy atom. The second-order valence-electron chi connectivity index (χ2n) is 12.9. The van der Waals surface area contributed by atoms with Gasteiger partial charge in [-0.15, -0.1) is 0 Å². The van der Waals surface area contributed by atoms with E-state index in [9.17, 15) is 56.2 Å². The largest absolute Gasteiger partial charge is 0.394 e. The highest BCUT2D eigenvalue weighted by molar-refractivity contribution is 5.07. The van der Waals surface area contributed by atoms with Crippen molar-refractivity contribution < 1.29 is 98.8 Å². The van der Waals surface area contributed by atoms with Gasteiger partial charge in [-0.3, -0.25) is 0 Å². The molecule has 0 aromatic carbocycles. The number of fused-ring (bicyclic) bond motifs is 4. The molecule has 6 rings (SSSR count). The molecule has 0 aliphatic carbocycles. The predicted molar refractivity (Wildman–Crippen MR) is 146 cm³/mol. The molecule has 0 aromatic heterocycles. The lowest BCUT2D eigenvalue weighted by Crippen LogP contribution is -2.75. The molecule has 21 nitrogen and oxygen atoms in total. The van der Waals surface area contributed by atoms with Gasteiger partial charge in [-0.2, -0.15) is 0 Å². The van der Waals surface area contributed by atoms with Crippen molar-refractivity contribution in [2.24, 2.45) is 5.73 Å². The molecule has 0 amide bonds. The van der Waals surface area contributed by atoms with Crippen molar-refractivity contribution in [2.75, 3.05) is 26.4 Å². The van der Waals surface area contributed by atoms with Crippen LogP contribution >= 0.6 is 0 Å². The van der Waals surface area contributed by atoms with Gasteiger partial charge in [-0.1, -0.05) is 0 Å².